The number of imidazole rings is 1. The van der Waals surface area contributed by atoms with Crippen molar-refractivity contribution in [3.8, 4) is 11.5 Å². The third kappa shape index (κ3) is 2.29. The van der Waals surface area contributed by atoms with Gasteiger partial charge >= 0.3 is 0 Å². The van der Waals surface area contributed by atoms with Crippen molar-refractivity contribution >= 4 is 34.1 Å². The van der Waals surface area contributed by atoms with Gasteiger partial charge in [-0.2, -0.15) is 0 Å². The van der Waals surface area contributed by atoms with Crippen LogP contribution in [0.1, 0.15) is 9.67 Å². The molecule has 7 nitrogen and oxygen atoms in total. The summed E-state index contributed by atoms with van der Waals surface area (Å²) in [4.78, 5) is 17.3. The van der Waals surface area contributed by atoms with E-state index in [2.05, 4.69) is 20.6 Å². The summed E-state index contributed by atoms with van der Waals surface area (Å²) in [6.45, 7) is 0. The lowest BCUT2D eigenvalue weighted by Crippen LogP contribution is -2.11. The van der Waals surface area contributed by atoms with Gasteiger partial charge in [0.1, 0.15) is 0 Å². The molecule has 1 aromatic carbocycles. The van der Waals surface area contributed by atoms with Gasteiger partial charge in [0.05, 0.1) is 15.9 Å². The number of aryl methyl sites for hydroxylation is 1. The lowest BCUT2D eigenvalue weighted by Gasteiger charge is -2.02. The number of benzene rings is 1. The van der Waals surface area contributed by atoms with E-state index in [1.807, 2.05) is 47.3 Å². The summed E-state index contributed by atoms with van der Waals surface area (Å²) >= 11 is 1.35. The molecule has 0 saturated heterocycles. The van der Waals surface area contributed by atoms with Gasteiger partial charge in [0, 0.05) is 7.05 Å². The van der Waals surface area contributed by atoms with Crippen molar-refractivity contribution in [1.82, 2.24) is 19.9 Å². The Morgan fingerprint density at radius 2 is 2.09 bits per heavy atom. The van der Waals surface area contributed by atoms with Crippen LogP contribution in [-0.4, -0.2) is 25.8 Å². The number of hydrogen-bond donors (Lipinski definition) is 1. The summed E-state index contributed by atoms with van der Waals surface area (Å²) in [5, 5.41) is 12.2. The fraction of sp³-hybridized carbons (Fsp3) is 0.0667. The SMILES string of the molecule is Cn1c(-c2nonc2NC(=O)c2cccs2)nc2ccccc21. The highest BCUT2D eigenvalue weighted by Crippen LogP contribution is 2.27. The first-order valence-corrected chi connectivity index (χ1v) is 7.71. The highest BCUT2D eigenvalue weighted by Gasteiger charge is 2.21. The zero-order valence-electron chi connectivity index (χ0n) is 12.1. The van der Waals surface area contributed by atoms with E-state index in [9.17, 15) is 4.79 Å². The third-order valence-corrected chi connectivity index (χ3v) is 4.33. The van der Waals surface area contributed by atoms with E-state index in [1.165, 1.54) is 11.3 Å². The van der Waals surface area contributed by atoms with Crippen LogP contribution in [0.25, 0.3) is 22.6 Å². The predicted octanol–water partition coefficient (Wildman–Crippen LogP) is 2.94. The van der Waals surface area contributed by atoms with Crippen molar-refractivity contribution in [2.45, 2.75) is 0 Å². The van der Waals surface area contributed by atoms with E-state index in [-0.39, 0.29) is 11.7 Å². The number of carbonyl (C=O) groups is 1. The van der Waals surface area contributed by atoms with Gasteiger partial charge < -0.3 is 9.88 Å². The zero-order chi connectivity index (χ0) is 15.8. The van der Waals surface area contributed by atoms with Gasteiger partial charge in [-0.05, 0) is 33.9 Å². The Balaban J connectivity index is 1.74. The summed E-state index contributed by atoms with van der Waals surface area (Å²) < 4.78 is 6.69. The van der Waals surface area contributed by atoms with Crippen molar-refractivity contribution in [3.63, 3.8) is 0 Å². The fourth-order valence-corrected chi connectivity index (χ4v) is 2.97. The van der Waals surface area contributed by atoms with E-state index in [0.717, 1.165) is 11.0 Å². The fourth-order valence-electron chi connectivity index (χ4n) is 2.35. The molecule has 23 heavy (non-hydrogen) atoms. The average Bonchev–Trinajstić information content (AvgIpc) is 3.28. The van der Waals surface area contributed by atoms with Gasteiger partial charge in [0.2, 0.25) is 5.82 Å². The first-order chi connectivity index (χ1) is 11.2. The lowest BCUT2D eigenvalue weighted by molar-refractivity contribution is 0.102. The molecule has 0 saturated carbocycles. The molecular weight excluding hydrogens is 314 g/mol. The standard InChI is InChI=1S/C15H11N5O2S/c1-20-10-6-3-2-5-9(10)16-14(20)12-13(19-22-18-12)17-15(21)11-7-4-8-23-11/h2-8H,1H3,(H,17,19,21). The van der Waals surface area contributed by atoms with Crippen molar-refractivity contribution in [2.75, 3.05) is 5.32 Å². The topological polar surface area (TPSA) is 85.8 Å². The normalized spacial score (nSPS) is 11.0. The molecule has 0 spiro atoms. The molecule has 0 radical (unpaired) electrons. The molecule has 0 aliphatic carbocycles. The second-order valence-electron chi connectivity index (χ2n) is 4.88. The van der Waals surface area contributed by atoms with Crippen molar-refractivity contribution in [3.05, 3.63) is 46.7 Å². The number of aromatic nitrogens is 4. The van der Waals surface area contributed by atoms with E-state index in [1.54, 1.807) is 6.07 Å². The number of rotatable bonds is 3. The van der Waals surface area contributed by atoms with Crippen LogP contribution in [0.5, 0.6) is 0 Å². The molecule has 8 heteroatoms. The van der Waals surface area contributed by atoms with Gasteiger partial charge in [0.15, 0.2) is 11.5 Å². The quantitative estimate of drug-likeness (QED) is 0.626. The maximum absolute atomic E-state index is 12.2. The van der Waals surface area contributed by atoms with Crippen LogP contribution < -0.4 is 5.32 Å². The number of carbonyl (C=O) groups excluding carboxylic acids is 1. The van der Waals surface area contributed by atoms with E-state index in [0.29, 0.717) is 16.4 Å². The number of anilines is 1. The smallest absolute Gasteiger partial charge is 0.267 e. The maximum atomic E-state index is 12.2. The molecule has 0 aliphatic heterocycles. The monoisotopic (exact) mass is 325 g/mol. The first-order valence-electron chi connectivity index (χ1n) is 6.83. The Bertz CT molecular complexity index is 987. The molecule has 0 unspecified atom stereocenters. The Labute approximate surface area is 134 Å². The summed E-state index contributed by atoms with van der Waals surface area (Å²) in [5.74, 6) is 0.575. The number of para-hydroxylation sites is 2. The van der Waals surface area contributed by atoms with Gasteiger partial charge in [-0.1, -0.05) is 18.2 Å². The minimum Gasteiger partial charge on any atom is -0.326 e. The molecule has 0 atom stereocenters. The molecule has 4 rings (SSSR count). The minimum atomic E-state index is -0.254. The van der Waals surface area contributed by atoms with Crippen LogP contribution in [0, 0.1) is 0 Å². The molecule has 0 aliphatic rings. The summed E-state index contributed by atoms with van der Waals surface area (Å²) in [7, 11) is 1.88. The minimum absolute atomic E-state index is 0.252. The third-order valence-electron chi connectivity index (χ3n) is 3.46. The Morgan fingerprint density at radius 1 is 1.22 bits per heavy atom. The number of amides is 1. The highest BCUT2D eigenvalue weighted by molar-refractivity contribution is 7.12. The van der Waals surface area contributed by atoms with Crippen LogP contribution >= 0.6 is 11.3 Å². The Kier molecular flexibility index (Phi) is 3.16. The maximum Gasteiger partial charge on any atom is 0.267 e. The molecule has 3 aromatic heterocycles. The predicted molar refractivity (Wildman–Crippen MR) is 86.3 cm³/mol. The number of fused-ring (bicyclic) bond motifs is 1. The molecule has 1 amide bonds. The van der Waals surface area contributed by atoms with Crippen LogP contribution in [0.15, 0.2) is 46.4 Å². The summed E-state index contributed by atoms with van der Waals surface area (Å²) in [5.41, 5.74) is 2.19. The van der Waals surface area contributed by atoms with Crippen molar-refractivity contribution in [1.29, 1.82) is 0 Å². The largest absolute Gasteiger partial charge is 0.326 e. The molecule has 0 bridgehead atoms. The van der Waals surface area contributed by atoms with Gasteiger partial charge in [-0.3, -0.25) is 4.79 Å². The Morgan fingerprint density at radius 3 is 2.87 bits per heavy atom. The van der Waals surface area contributed by atoms with Gasteiger partial charge in [-0.25, -0.2) is 9.61 Å². The number of nitrogens with zero attached hydrogens (tertiary/aromatic N) is 4. The van der Waals surface area contributed by atoms with Crippen LogP contribution in [-0.2, 0) is 7.05 Å². The molecule has 114 valence electrons. The van der Waals surface area contributed by atoms with E-state index < -0.39 is 0 Å². The molecule has 0 fully saturated rings. The first kappa shape index (κ1) is 13.6. The molecule has 1 N–H and O–H groups in total. The number of hydrogen-bond acceptors (Lipinski definition) is 6. The highest BCUT2D eigenvalue weighted by atomic mass is 32.1. The lowest BCUT2D eigenvalue weighted by atomic mass is 10.3. The van der Waals surface area contributed by atoms with Crippen LogP contribution in [0.3, 0.4) is 0 Å². The molecular formula is C15H11N5O2S. The number of thiophene rings is 1. The van der Waals surface area contributed by atoms with Crippen LogP contribution in [0.4, 0.5) is 5.82 Å². The van der Waals surface area contributed by atoms with E-state index >= 15 is 0 Å². The van der Waals surface area contributed by atoms with Crippen LogP contribution in [0.2, 0.25) is 0 Å². The van der Waals surface area contributed by atoms with Crippen molar-refractivity contribution in [2.24, 2.45) is 7.05 Å². The van der Waals surface area contributed by atoms with E-state index in [4.69, 9.17) is 4.63 Å². The van der Waals surface area contributed by atoms with Gasteiger partial charge in [0.25, 0.3) is 5.91 Å². The summed E-state index contributed by atoms with van der Waals surface area (Å²) in [6, 6.07) is 11.3. The molecule has 3 heterocycles. The average molecular weight is 325 g/mol. The molecule has 4 aromatic rings. The zero-order valence-corrected chi connectivity index (χ0v) is 12.9. The summed E-state index contributed by atoms with van der Waals surface area (Å²) in [6.07, 6.45) is 0. The van der Waals surface area contributed by atoms with Gasteiger partial charge in [-0.15, -0.1) is 11.3 Å². The number of nitrogens with one attached hydrogen (secondary N) is 1. The second kappa shape index (κ2) is 5.33. The van der Waals surface area contributed by atoms with Crippen molar-refractivity contribution < 1.29 is 9.42 Å². The second-order valence-corrected chi connectivity index (χ2v) is 5.82. The Hall–Kier alpha value is -3.00.